The lowest BCUT2D eigenvalue weighted by molar-refractivity contribution is -0.140. The maximum atomic E-state index is 12.8. The first-order chi connectivity index (χ1) is 13.8. The van der Waals surface area contributed by atoms with Crippen molar-refractivity contribution in [1.29, 1.82) is 0 Å². The van der Waals surface area contributed by atoms with Crippen LogP contribution in [0.3, 0.4) is 0 Å². The molecule has 8 heteroatoms. The largest absolute Gasteiger partial charge is 0.469 e. The van der Waals surface area contributed by atoms with E-state index in [1.807, 2.05) is 36.2 Å². The number of anilines is 1. The Labute approximate surface area is 179 Å². The molecule has 1 aliphatic heterocycles. The van der Waals surface area contributed by atoms with Crippen LogP contribution in [0.4, 0.5) is 10.5 Å². The van der Waals surface area contributed by atoms with Gasteiger partial charge in [0.1, 0.15) is 0 Å². The zero-order valence-electron chi connectivity index (χ0n) is 17.8. The van der Waals surface area contributed by atoms with E-state index >= 15 is 0 Å². The smallest absolute Gasteiger partial charge is 0.346 e. The lowest BCUT2D eigenvalue weighted by Gasteiger charge is -2.39. The van der Waals surface area contributed by atoms with Gasteiger partial charge >= 0.3 is 12.0 Å². The van der Waals surface area contributed by atoms with Crippen molar-refractivity contribution in [1.82, 2.24) is 9.42 Å². The molecule has 1 aromatic carbocycles. The Hall–Kier alpha value is -1.77. The highest BCUT2D eigenvalue weighted by Gasteiger charge is 2.29. The molecule has 0 radical (unpaired) electrons. The van der Waals surface area contributed by atoms with E-state index in [9.17, 15) is 9.59 Å². The maximum Gasteiger partial charge on any atom is 0.346 e. The highest BCUT2D eigenvalue weighted by Crippen LogP contribution is 2.23. The van der Waals surface area contributed by atoms with Crippen molar-refractivity contribution in [3.8, 4) is 0 Å². The average Bonchev–Trinajstić information content (AvgIpc) is 2.72. The zero-order chi connectivity index (χ0) is 21.4. The number of nitrogens with one attached hydrogen (secondary N) is 1. The van der Waals surface area contributed by atoms with Crippen LogP contribution in [0, 0.1) is 5.92 Å². The Morgan fingerprint density at radius 3 is 2.38 bits per heavy atom. The van der Waals surface area contributed by atoms with Gasteiger partial charge in [-0.15, -0.1) is 0 Å². The first-order valence-electron chi connectivity index (χ1n) is 10.1. The SMILES string of the molecule is COC(=O)CC(C)c1ccc(NC(=O)N(S)N(CC(C)C)C2CCOCC2)cc1. The Bertz CT molecular complexity index is 662. The molecule has 1 aromatic rings. The van der Waals surface area contributed by atoms with Crippen LogP contribution in [0.2, 0.25) is 0 Å². The summed E-state index contributed by atoms with van der Waals surface area (Å²) in [7, 11) is 1.39. The minimum Gasteiger partial charge on any atom is -0.469 e. The topological polar surface area (TPSA) is 71.1 Å². The molecule has 0 aromatic heterocycles. The molecule has 2 rings (SSSR count). The van der Waals surface area contributed by atoms with Crippen LogP contribution in [0.15, 0.2) is 24.3 Å². The monoisotopic (exact) mass is 423 g/mol. The molecule has 0 bridgehead atoms. The number of hydrazine groups is 1. The van der Waals surface area contributed by atoms with Crippen molar-refractivity contribution in [2.45, 2.75) is 52.0 Å². The summed E-state index contributed by atoms with van der Waals surface area (Å²) in [6, 6.07) is 7.44. The van der Waals surface area contributed by atoms with E-state index in [1.165, 1.54) is 11.5 Å². The van der Waals surface area contributed by atoms with E-state index in [0.717, 1.165) is 24.9 Å². The fraction of sp³-hybridized carbons (Fsp3) is 0.619. The van der Waals surface area contributed by atoms with Crippen molar-refractivity contribution < 1.29 is 19.1 Å². The molecule has 0 aliphatic carbocycles. The van der Waals surface area contributed by atoms with Gasteiger partial charge in [0.2, 0.25) is 0 Å². The van der Waals surface area contributed by atoms with Crippen molar-refractivity contribution in [2.75, 3.05) is 32.2 Å². The van der Waals surface area contributed by atoms with Gasteiger partial charge in [0.25, 0.3) is 0 Å². The second kappa shape index (κ2) is 11.4. The van der Waals surface area contributed by atoms with E-state index in [1.54, 1.807) is 0 Å². The number of nitrogens with zero attached hydrogens (tertiary/aromatic N) is 2. The van der Waals surface area contributed by atoms with Gasteiger partial charge in [-0.1, -0.05) is 32.9 Å². The first kappa shape index (κ1) is 23.5. The van der Waals surface area contributed by atoms with Crippen LogP contribution in [0.25, 0.3) is 0 Å². The van der Waals surface area contributed by atoms with Crippen LogP contribution in [0.5, 0.6) is 0 Å². The molecule has 1 heterocycles. The lowest BCUT2D eigenvalue weighted by Crippen LogP contribution is -2.51. The third-order valence-corrected chi connectivity index (χ3v) is 5.43. The summed E-state index contributed by atoms with van der Waals surface area (Å²) in [6.07, 6.45) is 2.08. The number of ether oxygens (including phenoxy) is 2. The second-order valence-electron chi connectivity index (χ2n) is 7.88. The second-order valence-corrected chi connectivity index (χ2v) is 8.26. The van der Waals surface area contributed by atoms with E-state index in [-0.39, 0.29) is 24.0 Å². The molecule has 162 valence electrons. The van der Waals surface area contributed by atoms with Gasteiger partial charge in [0.05, 0.1) is 13.5 Å². The van der Waals surface area contributed by atoms with E-state index < -0.39 is 0 Å². The molecule has 1 aliphatic rings. The number of amides is 2. The van der Waals surface area contributed by atoms with Crippen LogP contribution >= 0.6 is 12.8 Å². The molecule has 1 saturated heterocycles. The third kappa shape index (κ3) is 7.21. The van der Waals surface area contributed by atoms with Crippen molar-refractivity contribution in [3.63, 3.8) is 0 Å². The van der Waals surface area contributed by atoms with Gasteiger partial charge in [-0.3, -0.25) is 4.79 Å². The number of hydrogen-bond acceptors (Lipinski definition) is 6. The van der Waals surface area contributed by atoms with Gasteiger partial charge in [0.15, 0.2) is 0 Å². The average molecular weight is 424 g/mol. The van der Waals surface area contributed by atoms with Crippen molar-refractivity contribution in [2.24, 2.45) is 5.92 Å². The van der Waals surface area contributed by atoms with Crippen LogP contribution in [0.1, 0.15) is 51.5 Å². The summed E-state index contributed by atoms with van der Waals surface area (Å²) in [5.41, 5.74) is 1.69. The standard InChI is InChI=1S/C21H33N3O4S/c1-15(2)14-23(19-9-11-28-12-10-19)24(29)21(26)22-18-7-5-17(6-8-18)16(3)13-20(25)27-4/h5-8,15-16,19,29H,9-14H2,1-4H3,(H,22,26). The lowest BCUT2D eigenvalue weighted by atomic mass is 9.98. The fourth-order valence-electron chi connectivity index (χ4n) is 3.37. The van der Waals surface area contributed by atoms with E-state index in [2.05, 4.69) is 32.0 Å². The number of thiol groups is 1. The minimum absolute atomic E-state index is 0.0450. The molecule has 1 fully saturated rings. The number of rotatable bonds is 8. The molecule has 1 N–H and O–H groups in total. The van der Waals surface area contributed by atoms with Crippen LogP contribution in [-0.4, -0.2) is 54.3 Å². The normalized spacial score (nSPS) is 16.0. The fourth-order valence-corrected chi connectivity index (χ4v) is 3.64. The Balaban J connectivity index is 2.00. The van der Waals surface area contributed by atoms with Gasteiger partial charge in [-0.2, -0.15) is 4.41 Å². The van der Waals surface area contributed by atoms with Gasteiger partial charge < -0.3 is 14.8 Å². The zero-order valence-corrected chi connectivity index (χ0v) is 18.7. The number of methoxy groups -OCH3 is 1. The number of carbonyl (C=O) groups is 2. The van der Waals surface area contributed by atoms with Gasteiger partial charge in [-0.25, -0.2) is 9.80 Å². The van der Waals surface area contributed by atoms with E-state index in [4.69, 9.17) is 9.47 Å². The number of esters is 1. The summed E-state index contributed by atoms with van der Waals surface area (Å²) in [4.78, 5) is 24.2. The predicted molar refractivity (Wildman–Crippen MR) is 117 cm³/mol. The van der Waals surface area contributed by atoms with Crippen LogP contribution in [-0.2, 0) is 14.3 Å². The predicted octanol–water partition coefficient (Wildman–Crippen LogP) is 4.08. The molecule has 0 spiro atoms. The molecular formula is C21H33N3O4S. The third-order valence-electron chi connectivity index (χ3n) is 5.02. The molecule has 29 heavy (non-hydrogen) atoms. The quantitative estimate of drug-likeness (QED) is 0.374. The summed E-state index contributed by atoms with van der Waals surface area (Å²) in [6.45, 7) is 8.37. The van der Waals surface area contributed by atoms with Crippen molar-refractivity contribution >= 4 is 30.5 Å². The number of urea groups is 1. The Morgan fingerprint density at radius 2 is 1.83 bits per heavy atom. The molecule has 1 atom stereocenters. The number of hydrogen-bond donors (Lipinski definition) is 2. The van der Waals surface area contributed by atoms with E-state index in [0.29, 0.717) is 31.2 Å². The molecule has 2 amide bonds. The summed E-state index contributed by atoms with van der Waals surface area (Å²) in [5, 5.41) is 4.92. The van der Waals surface area contributed by atoms with Gasteiger partial charge in [-0.05, 0) is 55.2 Å². The summed E-state index contributed by atoms with van der Waals surface area (Å²) in [5.74, 6) is 0.207. The first-order valence-corrected chi connectivity index (χ1v) is 10.5. The number of benzene rings is 1. The highest BCUT2D eigenvalue weighted by molar-refractivity contribution is 7.78. The molecule has 1 unspecified atom stereocenters. The van der Waals surface area contributed by atoms with Crippen LogP contribution < -0.4 is 5.32 Å². The highest BCUT2D eigenvalue weighted by atomic mass is 32.1. The maximum absolute atomic E-state index is 12.8. The Morgan fingerprint density at radius 1 is 1.21 bits per heavy atom. The summed E-state index contributed by atoms with van der Waals surface area (Å²) >= 11 is 4.49. The molecular weight excluding hydrogens is 390 g/mol. The minimum atomic E-state index is -0.296. The Kier molecular flexibility index (Phi) is 9.26. The molecule has 0 saturated carbocycles. The van der Waals surface area contributed by atoms with Crippen molar-refractivity contribution in [3.05, 3.63) is 29.8 Å². The molecule has 7 nitrogen and oxygen atoms in total. The number of carbonyl (C=O) groups excluding carboxylic acids is 2. The van der Waals surface area contributed by atoms with Gasteiger partial charge in [0, 0.05) is 31.5 Å². The summed E-state index contributed by atoms with van der Waals surface area (Å²) < 4.78 is 11.6.